The van der Waals surface area contributed by atoms with Gasteiger partial charge >= 0.3 is 0 Å². The number of carbonyl (C=O) groups is 1. The summed E-state index contributed by atoms with van der Waals surface area (Å²) < 4.78 is 2.67. The minimum atomic E-state index is -0.273. The molecule has 18 heavy (non-hydrogen) atoms. The van der Waals surface area contributed by atoms with Gasteiger partial charge in [0, 0.05) is 23.4 Å². The van der Waals surface area contributed by atoms with Crippen LogP contribution in [-0.4, -0.2) is 20.4 Å². The van der Waals surface area contributed by atoms with Crippen LogP contribution in [0, 0.1) is 0 Å². The van der Waals surface area contributed by atoms with Gasteiger partial charge in [0.15, 0.2) is 0 Å². The van der Waals surface area contributed by atoms with E-state index in [-0.39, 0.29) is 17.0 Å². The van der Waals surface area contributed by atoms with Crippen molar-refractivity contribution in [1.82, 2.24) is 14.5 Å². The molecule has 1 amide bonds. The molecule has 0 fully saturated rings. The molecule has 0 aliphatic heterocycles. The molecule has 0 saturated carbocycles. The van der Waals surface area contributed by atoms with Crippen LogP contribution in [0.3, 0.4) is 0 Å². The summed E-state index contributed by atoms with van der Waals surface area (Å²) in [5.41, 5.74) is 0.535. The second-order valence-electron chi connectivity index (χ2n) is 3.49. The number of nitrogens with one attached hydrogen (secondary N) is 1. The van der Waals surface area contributed by atoms with E-state index in [2.05, 4.69) is 31.2 Å². The van der Waals surface area contributed by atoms with E-state index in [0.29, 0.717) is 12.2 Å². The minimum absolute atomic E-state index is 0.187. The third-order valence-corrected chi connectivity index (χ3v) is 2.93. The Balaban J connectivity index is 2.21. The van der Waals surface area contributed by atoms with Crippen molar-refractivity contribution >= 4 is 39.4 Å². The van der Waals surface area contributed by atoms with Crippen LogP contribution in [0.15, 0.2) is 29.0 Å². The van der Waals surface area contributed by atoms with Gasteiger partial charge in [0.2, 0.25) is 5.95 Å². The second-order valence-corrected chi connectivity index (χ2v) is 4.79. The van der Waals surface area contributed by atoms with Gasteiger partial charge in [-0.1, -0.05) is 11.6 Å². The molecule has 2 rings (SSSR count). The van der Waals surface area contributed by atoms with Crippen molar-refractivity contribution in [2.24, 2.45) is 0 Å². The van der Waals surface area contributed by atoms with Crippen molar-refractivity contribution < 1.29 is 4.79 Å². The smallest absolute Gasteiger partial charge is 0.274 e. The molecule has 0 bridgehead atoms. The lowest BCUT2D eigenvalue weighted by Crippen LogP contribution is -2.17. The lowest BCUT2D eigenvalue weighted by Gasteiger charge is -2.06. The van der Waals surface area contributed by atoms with Crippen molar-refractivity contribution in [1.29, 1.82) is 0 Å². The van der Waals surface area contributed by atoms with Crippen LogP contribution in [0.25, 0.3) is 0 Å². The fourth-order valence-electron chi connectivity index (χ4n) is 1.49. The number of nitrogens with zero attached hydrogens (tertiary/aromatic N) is 3. The Morgan fingerprint density at radius 1 is 1.61 bits per heavy atom. The molecule has 0 aliphatic carbocycles. The van der Waals surface area contributed by atoms with Gasteiger partial charge in [-0.05, 0) is 35.0 Å². The highest BCUT2D eigenvalue weighted by Gasteiger charge is 2.13. The molecular weight excluding hydrogens is 320 g/mol. The van der Waals surface area contributed by atoms with Gasteiger partial charge in [-0.2, -0.15) is 0 Å². The number of hydrogen-bond acceptors (Lipinski definition) is 3. The largest absolute Gasteiger partial charge is 0.343 e. The maximum absolute atomic E-state index is 12.0. The molecule has 0 aromatic carbocycles. The maximum atomic E-state index is 12.0. The van der Waals surface area contributed by atoms with E-state index in [9.17, 15) is 4.79 Å². The topological polar surface area (TPSA) is 59.8 Å². The monoisotopic (exact) mass is 328 g/mol. The number of carbonyl (C=O) groups excluding carboxylic acids is 1. The number of anilines is 1. The van der Waals surface area contributed by atoms with Gasteiger partial charge in [-0.25, -0.2) is 9.97 Å². The zero-order chi connectivity index (χ0) is 13.1. The number of rotatable bonds is 3. The molecule has 5 nitrogen and oxygen atoms in total. The number of hydrogen-bond donors (Lipinski definition) is 1. The van der Waals surface area contributed by atoms with Crippen LogP contribution < -0.4 is 5.32 Å². The first-order chi connectivity index (χ1) is 8.60. The average Bonchev–Trinajstić information content (AvgIpc) is 2.70. The number of amides is 1. The lowest BCUT2D eigenvalue weighted by atomic mass is 10.4. The normalized spacial score (nSPS) is 10.4. The zero-order valence-corrected chi connectivity index (χ0v) is 11.9. The Morgan fingerprint density at radius 2 is 2.39 bits per heavy atom. The van der Waals surface area contributed by atoms with Crippen LogP contribution >= 0.6 is 27.5 Å². The maximum Gasteiger partial charge on any atom is 0.274 e. The lowest BCUT2D eigenvalue weighted by molar-refractivity contribution is 0.101. The first kappa shape index (κ1) is 13.0. The highest BCUT2D eigenvalue weighted by atomic mass is 79.9. The van der Waals surface area contributed by atoms with Crippen LogP contribution in [0.5, 0.6) is 0 Å². The standard InChI is InChI=1S/C11H10BrClN4O/c1-2-17-6-7(12)5-8(17)10(18)16-11-14-4-3-9(13)15-11/h3-6H,2H2,1H3,(H,14,15,16,18). The third-order valence-electron chi connectivity index (χ3n) is 2.28. The Labute approximate surface area is 117 Å². The van der Waals surface area contributed by atoms with Crippen LogP contribution in [0.4, 0.5) is 5.95 Å². The fourth-order valence-corrected chi connectivity index (χ4v) is 2.09. The predicted molar refractivity (Wildman–Crippen MR) is 72.8 cm³/mol. The average molecular weight is 330 g/mol. The molecule has 94 valence electrons. The summed E-state index contributed by atoms with van der Waals surface area (Å²) in [5.74, 6) is -0.0858. The van der Waals surface area contributed by atoms with Gasteiger partial charge in [0.05, 0.1) is 0 Å². The van der Waals surface area contributed by atoms with Crippen LogP contribution in [-0.2, 0) is 6.54 Å². The quantitative estimate of drug-likeness (QED) is 0.881. The summed E-state index contributed by atoms with van der Waals surface area (Å²) in [4.78, 5) is 19.9. The summed E-state index contributed by atoms with van der Waals surface area (Å²) >= 11 is 9.06. The summed E-state index contributed by atoms with van der Waals surface area (Å²) in [5, 5.41) is 2.88. The van der Waals surface area contributed by atoms with E-state index in [1.54, 1.807) is 12.1 Å². The van der Waals surface area contributed by atoms with Crippen LogP contribution in [0.1, 0.15) is 17.4 Å². The Hall–Kier alpha value is -1.40. The van der Waals surface area contributed by atoms with Crippen molar-refractivity contribution in [3.05, 3.63) is 39.8 Å². The highest BCUT2D eigenvalue weighted by molar-refractivity contribution is 9.10. The summed E-state index contributed by atoms with van der Waals surface area (Å²) in [6.45, 7) is 2.66. The molecule has 0 radical (unpaired) electrons. The molecule has 2 aromatic heterocycles. The molecule has 0 spiro atoms. The zero-order valence-electron chi connectivity index (χ0n) is 9.52. The Morgan fingerprint density at radius 3 is 3.06 bits per heavy atom. The molecule has 0 aliphatic rings. The molecule has 0 unspecified atom stereocenters. The molecule has 2 aromatic rings. The third kappa shape index (κ3) is 2.88. The molecule has 2 heterocycles. The van der Waals surface area contributed by atoms with Gasteiger partial charge in [-0.3, -0.25) is 10.1 Å². The van der Waals surface area contributed by atoms with Gasteiger partial charge in [0.1, 0.15) is 10.8 Å². The van der Waals surface area contributed by atoms with Crippen molar-refractivity contribution in [2.75, 3.05) is 5.32 Å². The van der Waals surface area contributed by atoms with Gasteiger partial charge in [-0.15, -0.1) is 0 Å². The first-order valence-corrected chi connectivity index (χ1v) is 6.43. The molecule has 7 heteroatoms. The SMILES string of the molecule is CCn1cc(Br)cc1C(=O)Nc1nccc(Cl)n1. The van der Waals surface area contributed by atoms with Gasteiger partial charge < -0.3 is 4.57 Å². The minimum Gasteiger partial charge on any atom is -0.343 e. The fraction of sp³-hybridized carbons (Fsp3) is 0.182. The first-order valence-electron chi connectivity index (χ1n) is 5.25. The second kappa shape index (κ2) is 5.49. The van der Waals surface area contributed by atoms with Crippen molar-refractivity contribution in [2.45, 2.75) is 13.5 Å². The van der Waals surface area contributed by atoms with E-state index in [1.165, 1.54) is 6.20 Å². The molecular formula is C11H10BrClN4O. The summed E-state index contributed by atoms with van der Waals surface area (Å²) in [6.07, 6.45) is 3.33. The van der Waals surface area contributed by atoms with Crippen molar-refractivity contribution in [3.8, 4) is 0 Å². The number of halogens is 2. The van der Waals surface area contributed by atoms with E-state index >= 15 is 0 Å². The number of aromatic nitrogens is 3. The molecule has 1 N–H and O–H groups in total. The predicted octanol–water partition coefficient (Wildman–Crippen LogP) is 2.97. The Bertz CT molecular complexity index is 584. The summed E-state index contributed by atoms with van der Waals surface area (Å²) in [7, 11) is 0. The van der Waals surface area contributed by atoms with Crippen LogP contribution in [0.2, 0.25) is 5.15 Å². The van der Waals surface area contributed by atoms with Gasteiger partial charge in [0.25, 0.3) is 5.91 Å². The van der Waals surface area contributed by atoms with Crippen molar-refractivity contribution in [3.63, 3.8) is 0 Å². The summed E-state index contributed by atoms with van der Waals surface area (Å²) in [6, 6.07) is 3.28. The Kier molecular flexibility index (Phi) is 3.98. The van der Waals surface area contributed by atoms with E-state index in [0.717, 1.165) is 4.47 Å². The van der Waals surface area contributed by atoms with E-state index in [4.69, 9.17) is 11.6 Å². The van der Waals surface area contributed by atoms with E-state index in [1.807, 2.05) is 17.7 Å². The number of aryl methyl sites for hydroxylation is 1. The molecule has 0 atom stereocenters. The van der Waals surface area contributed by atoms with E-state index < -0.39 is 0 Å². The molecule has 0 saturated heterocycles. The highest BCUT2D eigenvalue weighted by Crippen LogP contribution is 2.16.